The summed E-state index contributed by atoms with van der Waals surface area (Å²) in [6.07, 6.45) is 4.13. The highest BCUT2D eigenvalue weighted by Crippen LogP contribution is 2.35. The molecule has 2 aromatic rings. The van der Waals surface area contributed by atoms with Gasteiger partial charge in [0.1, 0.15) is 5.69 Å². The van der Waals surface area contributed by atoms with E-state index < -0.39 is 11.9 Å². The number of benzene rings is 1. The second-order valence-corrected chi connectivity index (χ2v) is 10.6. The minimum Gasteiger partial charge on any atom is -0.382 e. The van der Waals surface area contributed by atoms with E-state index in [2.05, 4.69) is 15.6 Å². The number of aromatic nitrogens is 1. The highest BCUT2D eigenvalue weighted by atomic mass is 19.4. The number of carbonyl (C=O) groups is 3. The molecule has 202 valence electrons. The van der Waals surface area contributed by atoms with E-state index >= 15 is 0 Å². The van der Waals surface area contributed by atoms with E-state index in [1.807, 2.05) is 0 Å². The van der Waals surface area contributed by atoms with Gasteiger partial charge in [-0.3, -0.25) is 19.3 Å². The maximum absolute atomic E-state index is 13.4. The Morgan fingerprint density at radius 3 is 2.37 bits per heavy atom. The van der Waals surface area contributed by atoms with Crippen molar-refractivity contribution < 1.29 is 27.6 Å². The molecule has 2 fully saturated rings. The molecule has 2 aliphatic carbocycles. The van der Waals surface area contributed by atoms with Gasteiger partial charge in [0.2, 0.25) is 5.91 Å². The maximum Gasteiger partial charge on any atom is 0.433 e. The van der Waals surface area contributed by atoms with Gasteiger partial charge in [0.05, 0.1) is 5.52 Å². The van der Waals surface area contributed by atoms with E-state index in [-0.39, 0.29) is 47.2 Å². The normalized spacial score (nSPS) is 26.1. The van der Waals surface area contributed by atoms with Crippen LogP contribution >= 0.6 is 0 Å². The van der Waals surface area contributed by atoms with E-state index in [1.54, 1.807) is 24.3 Å². The first kappa shape index (κ1) is 26.2. The number of nitrogens with zero attached hydrogens (tertiary/aromatic N) is 2. The quantitative estimate of drug-likeness (QED) is 0.525. The summed E-state index contributed by atoms with van der Waals surface area (Å²) in [5.74, 6) is -0.444. The zero-order valence-corrected chi connectivity index (χ0v) is 21.0. The largest absolute Gasteiger partial charge is 0.433 e. The van der Waals surface area contributed by atoms with Gasteiger partial charge in [-0.15, -0.1) is 0 Å². The van der Waals surface area contributed by atoms with Crippen LogP contribution in [-0.4, -0.2) is 46.2 Å². The molecular weight excluding hydrogens is 497 g/mol. The lowest BCUT2D eigenvalue weighted by molar-refractivity contribution is -0.141. The van der Waals surface area contributed by atoms with Crippen LogP contribution in [0.25, 0.3) is 10.9 Å². The van der Waals surface area contributed by atoms with Gasteiger partial charge in [-0.05, 0) is 69.4 Å². The zero-order valence-electron chi connectivity index (χ0n) is 21.0. The third-order valence-electron chi connectivity index (χ3n) is 7.95. The van der Waals surface area contributed by atoms with Crippen molar-refractivity contribution >= 4 is 34.3 Å². The summed E-state index contributed by atoms with van der Waals surface area (Å²) in [4.78, 5) is 41.7. The number of pyridine rings is 1. The van der Waals surface area contributed by atoms with Gasteiger partial charge in [0.25, 0.3) is 11.8 Å². The zero-order chi connectivity index (χ0) is 26.9. The number of hydrogen-bond donors (Lipinski definition) is 2. The van der Waals surface area contributed by atoms with E-state index in [1.165, 1.54) is 17.1 Å². The Morgan fingerprint density at radius 1 is 0.974 bits per heavy atom. The fourth-order valence-corrected chi connectivity index (χ4v) is 5.91. The number of hydrogen-bond acceptors (Lipinski definition) is 5. The molecule has 0 bridgehead atoms. The Bertz CT molecular complexity index is 1240. The van der Waals surface area contributed by atoms with Gasteiger partial charge in [-0.25, -0.2) is 4.98 Å². The van der Waals surface area contributed by atoms with Crippen LogP contribution in [0.1, 0.15) is 57.1 Å². The van der Waals surface area contributed by atoms with Crippen molar-refractivity contribution in [3.63, 3.8) is 0 Å². The molecule has 0 radical (unpaired) electrons. The number of rotatable bonds is 6. The SMILES string of the molecule is O=C1C=CC(=O)N1C[C@H]1CC[C@H](C(=O)N[C@@H]2CCC[C@H](Nc3cc(C(F)(F)F)nc4ccccc34)C2)CC1. The number of nitrogens with one attached hydrogen (secondary N) is 2. The summed E-state index contributed by atoms with van der Waals surface area (Å²) in [5.41, 5.74) is -0.233. The molecule has 2 atom stereocenters. The van der Waals surface area contributed by atoms with Crippen LogP contribution < -0.4 is 10.6 Å². The molecule has 2 saturated carbocycles. The molecule has 1 aromatic carbocycles. The smallest absolute Gasteiger partial charge is 0.382 e. The Morgan fingerprint density at radius 2 is 1.66 bits per heavy atom. The molecule has 5 rings (SSSR count). The molecule has 10 heteroatoms. The van der Waals surface area contributed by atoms with Gasteiger partial charge in [-0.2, -0.15) is 13.2 Å². The molecule has 0 unspecified atom stereocenters. The summed E-state index contributed by atoms with van der Waals surface area (Å²) in [7, 11) is 0. The van der Waals surface area contributed by atoms with Crippen LogP contribution in [0.3, 0.4) is 0 Å². The van der Waals surface area contributed by atoms with Crippen molar-refractivity contribution in [2.75, 3.05) is 11.9 Å². The number of amides is 3. The van der Waals surface area contributed by atoms with Crippen molar-refractivity contribution in [2.24, 2.45) is 11.8 Å². The summed E-state index contributed by atoms with van der Waals surface area (Å²) >= 11 is 0. The second-order valence-electron chi connectivity index (χ2n) is 10.6. The highest BCUT2D eigenvalue weighted by Gasteiger charge is 2.35. The molecule has 0 spiro atoms. The number of anilines is 1. The molecule has 2 N–H and O–H groups in total. The predicted molar refractivity (Wildman–Crippen MR) is 136 cm³/mol. The lowest BCUT2D eigenvalue weighted by Gasteiger charge is -2.34. The number of fused-ring (bicyclic) bond motifs is 1. The van der Waals surface area contributed by atoms with Gasteiger partial charge >= 0.3 is 6.18 Å². The van der Waals surface area contributed by atoms with Crippen LogP contribution in [0.2, 0.25) is 0 Å². The Kier molecular flexibility index (Phi) is 7.40. The Hall–Kier alpha value is -3.43. The van der Waals surface area contributed by atoms with Crippen molar-refractivity contribution in [1.29, 1.82) is 0 Å². The van der Waals surface area contributed by atoms with Crippen molar-refractivity contribution in [3.05, 3.63) is 48.2 Å². The number of para-hydroxylation sites is 1. The Labute approximate surface area is 218 Å². The third kappa shape index (κ3) is 5.84. The van der Waals surface area contributed by atoms with Crippen molar-refractivity contribution in [3.8, 4) is 0 Å². The molecule has 38 heavy (non-hydrogen) atoms. The average Bonchev–Trinajstić information content (AvgIpc) is 3.21. The van der Waals surface area contributed by atoms with E-state index in [4.69, 9.17) is 0 Å². The molecule has 1 aromatic heterocycles. The monoisotopic (exact) mass is 528 g/mol. The standard InChI is InChI=1S/C28H31F3N4O3/c29-28(30,31)24-15-23(21-6-1-2-7-22(21)34-24)32-19-4-3-5-20(14-19)33-27(38)18-10-8-17(9-11-18)16-35-25(36)12-13-26(35)37/h1-2,6-7,12-13,15,17-20H,3-5,8-11,14,16H2,(H,32,34)(H,33,38)/t17-,18-,19-,20+/m0/s1. The minimum absolute atomic E-state index is 0.0119. The summed E-state index contributed by atoms with van der Waals surface area (Å²) in [6.45, 7) is 0.398. The topological polar surface area (TPSA) is 91.4 Å². The van der Waals surface area contributed by atoms with E-state index in [9.17, 15) is 27.6 Å². The molecule has 0 saturated heterocycles. The lowest BCUT2D eigenvalue weighted by atomic mass is 9.81. The molecule has 1 aliphatic heterocycles. The molecule has 7 nitrogen and oxygen atoms in total. The average molecular weight is 529 g/mol. The lowest BCUT2D eigenvalue weighted by Crippen LogP contribution is -2.45. The number of imide groups is 1. The van der Waals surface area contributed by atoms with Crippen LogP contribution in [0.5, 0.6) is 0 Å². The molecule has 3 amide bonds. The summed E-state index contributed by atoms with van der Waals surface area (Å²) < 4.78 is 40.3. The van der Waals surface area contributed by atoms with Crippen LogP contribution in [0.15, 0.2) is 42.5 Å². The first-order valence-electron chi connectivity index (χ1n) is 13.2. The fraction of sp³-hybridized carbons (Fsp3) is 0.500. The summed E-state index contributed by atoms with van der Waals surface area (Å²) in [5, 5.41) is 7.13. The van der Waals surface area contributed by atoms with Crippen molar-refractivity contribution in [2.45, 2.75) is 69.6 Å². The van der Waals surface area contributed by atoms with Crippen LogP contribution in [-0.2, 0) is 20.6 Å². The van der Waals surface area contributed by atoms with E-state index in [0.717, 1.165) is 38.2 Å². The van der Waals surface area contributed by atoms with Crippen molar-refractivity contribution in [1.82, 2.24) is 15.2 Å². The van der Waals surface area contributed by atoms with Gasteiger partial charge in [0.15, 0.2) is 0 Å². The predicted octanol–water partition coefficient (Wildman–Crippen LogP) is 4.82. The van der Waals surface area contributed by atoms with Gasteiger partial charge in [0, 0.05) is 47.8 Å². The fourth-order valence-electron chi connectivity index (χ4n) is 5.91. The Balaban J connectivity index is 1.16. The first-order valence-corrected chi connectivity index (χ1v) is 13.2. The van der Waals surface area contributed by atoms with Crippen LogP contribution in [0.4, 0.5) is 18.9 Å². The van der Waals surface area contributed by atoms with Gasteiger partial charge in [-0.1, -0.05) is 18.2 Å². The number of carbonyl (C=O) groups excluding carboxylic acids is 3. The molecular formula is C28H31F3N4O3. The van der Waals surface area contributed by atoms with E-state index in [0.29, 0.717) is 36.9 Å². The number of halogens is 3. The maximum atomic E-state index is 13.4. The minimum atomic E-state index is -4.54. The highest BCUT2D eigenvalue weighted by molar-refractivity contribution is 6.12. The van der Waals surface area contributed by atoms with Crippen LogP contribution in [0, 0.1) is 11.8 Å². The molecule has 3 aliphatic rings. The van der Waals surface area contributed by atoms with Gasteiger partial charge < -0.3 is 10.6 Å². The number of alkyl halides is 3. The summed E-state index contributed by atoms with van der Waals surface area (Å²) in [6, 6.07) is 7.73. The third-order valence-corrected chi connectivity index (χ3v) is 7.95. The second kappa shape index (κ2) is 10.7. The molecule has 2 heterocycles. The first-order chi connectivity index (χ1) is 18.2.